The Morgan fingerprint density at radius 2 is 0.857 bits per heavy atom. The molecular formula is C46H33N3. The number of nitrogens with zero attached hydrogens (tertiary/aromatic N) is 3. The number of nitriles is 1. The molecule has 7 aromatic carbocycles. The second-order valence-corrected chi connectivity index (χ2v) is 13.4. The number of aromatic nitrogens is 2. The van der Waals surface area contributed by atoms with Crippen LogP contribution in [0.3, 0.4) is 0 Å². The summed E-state index contributed by atoms with van der Waals surface area (Å²) >= 11 is 0. The molecule has 2 aromatic heterocycles. The molecule has 0 fully saturated rings. The maximum atomic E-state index is 9.34. The Morgan fingerprint density at radius 3 is 1.37 bits per heavy atom. The highest BCUT2D eigenvalue weighted by Crippen LogP contribution is 2.39. The summed E-state index contributed by atoms with van der Waals surface area (Å²) < 4.78 is 4.68. The minimum atomic E-state index is -0.0923. The van der Waals surface area contributed by atoms with Gasteiger partial charge in [-0.15, -0.1) is 0 Å². The van der Waals surface area contributed by atoms with Crippen molar-refractivity contribution in [3.8, 4) is 28.6 Å². The van der Waals surface area contributed by atoms with Gasteiger partial charge in [-0.3, -0.25) is 0 Å². The maximum absolute atomic E-state index is 9.34. The molecule has 232 valence electrons. The van der Waals surface area contributed by atoms with E-state index in [1.54, 1.807) is 0 Å². The molecule has 0 amide bonds. The molecule has 3 heteroatoms. The van der Waals surface area contributed by atoms with E-state index in [1.165, 1.54) is 54.8 Å². The highest BCUT2D eigenvalue weighted by Gasteiger charge is 2.23. The van der Waals surface area contributed by atoms with Gasteiger partial charge in [0.15, 0.2) is 0 Å². The number of benzene rings is 7. The fraction of sp³-hybridized carbons (Fsp3) is 0.0652. The highest BCUT2D eigenvalue weighted by molar-refractivity contribution is 6.12. The molecule has 0 bridgehead atoms. The zero-order valence-electron chi connectivity index (χ0n) is 27.4. The van der Waals surface area contributed by atoms with Crippen molar-refractivity contribution in [2.45, 2.75) is 19.3 Å². The van der Waals surface area contributed by atoms with Gasteiger partial charge in [-0.25, -0.2) is 0 Å². The summed E-state index contributed by atoms with van der Waals surface area (Å²) in [5.74, 6) is 0. The predicted octanol–water partition coefficient (Wildman–Crippen LogP) is 11.7. The Bertz CT molecular complexity index is 2720. The molecule has 0 unspecified atom stereocenters. The van der Waals surface area contributed by atoms with Crippen molar-refractivity contribution in [3.05, 3.63) is 180 Å². The second kappa shape index (κ2) is 11.1. The van der Waals surface area contributed by atoms with Crippen molar-refractivity contribution in [1.82, 2.24) is 9.13 Å². The molecule has 0 aliphatic rings. The Kier molecular flexibility index (Phi) is 6.54. The largest absolute Gasteiger partial charge is 0.309 e. The minimum Gasteiger partial charge on any atom is -0.309 e. The highest BCUT2D eigenvalue weighted by atomic mass is 15.0. The monoisotopic (exact) mass is 627 g/mol. The summed E-state index contributed by atoms with van der Waals surface area (Å²) in [7, 11) is 0. The predicted molar refractivity (Wildman–Crippen MR) is 204 cm³/mol. The van der Waals surface area contributed by atoms with Gasteiger partial charge < -0.3 is 9.13 Å². The average Bonchev–Trinajstić information content (AvgIpc) is 3.67. The molecule has 0 atom stereocenters. The van der Waals surface area contributed by atoms with E-state index in [9.17, 15) is 5.26 Å². The van der Waals surface area contributed by atoms with Crippen molar-refractivity contribution in [1.29, 1.82) is 5.26 Å². The SMILES string of the molecule is CC(C)(c1ccccc1)c1ccc(-n2c3ccccc3c3cc(-c4ccc5c(c4)c4ccccc4n5-c4ccc(C#N)cc4)ccc32)cc1. The first-order valence-corrected chi connectivity index (χ1v) is 16.7. The van der Waals surface area contributed by atoms with Gasteiger partial charge >= 0.3 is 0 Å². The van der Waals surface area contributed by atoms with Crippen LogP contribution < -0.4 is 0 Å². The normalized spacial score (nSPS) is 11.9. The van der Waals surface area contributed by atoms with E-state index in [-0.39, 0.29) is 5.41 Å². The van der Waals surface area contributed by atoms with Crippen LogP contribution in [-0.4, -0.2) is 9.13 Å². The molecule has 0 spiro atoms. The summed E-state index contributed by atoms with van der Waals surface area (Å²) in [6.45, 7) is 4.59. The van der Waals surface area contributed by atoms with Crippen molar-refractivity contribution in [2.24, 2.45) is 0 Å². The Morgan fingerprint density at radius 1 is 0.429 bits per heavy atom. The zero-order chi connectivity index (χ0) is 33.1. The Labute approximate surface area is 285 Å². The van der Waals surface area contributed by atoms with Gasteiger partial charge in [0.1, 0.15) is 0 Å². The minimum absolute atomic E-state index is 0.0923. The van der Waals surface area contributed by atoms with Gasteiger partial charge in [-0.2, -0.15) is 5.26 Å². The van der Waals surface area contributed by atoms with E-state index in [1.807, 2.05) is 24.3 Å². The number of hydrogen-bond acceptors (Lipinski definition) is 1. The lowest BCUT2D eigenvalue weighted by Gasteiger charge is -2.26. The maximum Gasteiger partial charge on any atom is 0.0991 e. The molecule has 3 nitrogen and oxygen atoms in total. The molecule has 9 aromatic rings. The Balaban J connectivity index is 1.16. The van der Waals surface area contributed by atoms with Crippen LogP contribution in [-0.2, 0) is 5.41 Å². The zero-order valence-corrected chi connectivity index (χ0v) is 27.4. The summed E-state index contributed by atoms with van der Waals surface area (Å²) in [5.41, 5.74) is 12.4. The van der Waals surface area contributed by atoms with Crippen molar-refractivity contribution < 1.29 is 0 Å². The van der Waals surface area contributed by atoms with E-state index < -0.39 is 0 Å². The van der Waals surface area contributed by atoms with Gasteiger partial charge in [-0.05, 0) is 95.1 Å². The molecule has 2 heterocycles. The number of para-hydroxylation sites is 2. The molecule has 0 radical (unpaired) electrons. The van der Waals surface area contributed by atoms with E-state index in [4.69, 9.17) is 0 Å². The summed E-state index contributed by atoms with van der Waals surface area (Å²) in [4.78, 5) is 0. The first-order chi connectivity index (χ1) is 24.0. The van der Waals surface area contributed by atoms with Gasteiger partial charge in [0, 0.05) is 38.3 Å². The Hall–Kier alpha value is -6.37. The fourth-order valence-corrected chi connectivity index (χ4v) is 7.59. The smallest absolute Gasteiger partial charge is 0.0991 e. The number of hydrogen-bond donors (Lipinski definition) is 0. The third-order valence-electron chi connectivity index (χ3n) is 10.3. The van der Waals surface area contributed by atoms with Crippen LogP contribution in [0.15, 0.2) is 164 Å². The first kappa shape index (κ1) is 28.8. The standard InChI is InChI=1S/C46H33N3/c1-46(2,34-10-4-3-5-11-34)35-20-24-37(25-21-35)49-43-15-9-7-13-39(43)41-29-33(19-27-45(41)49)32-18-26-44-40(28-32)38-12-6-8-14-42(38)48(44)36-22-16-31(30-47)17-23-36/h3-29H,1-2H3. The quantitative estimate of drug-likeness (QED) is 0.187. The van der Waals surface area contributed by atoms with E-state index in [0.29, 0.717) is 5.56 Å². The topological polar surface area (TPSA) is 33.6 Å². The fourth-order valence-electron chi connectivity index (χ4n) is 7.59. The van der Waals surface area contributed by atoms with E-state index in [0.717, 1.165) is 22.4 Å². The third kappa shape index (κ3) is 4.57. The number of rotatable bonds is 5. The van der Waals surface area contributed by atoms with Crippen LogP contribution in [0.1, 0.15) is 30.5 Å². The molecule has 0 saturated heterocycles. The van der Waals surface area contributed by atoms with Crippen molar-refractivity contribution in [3.63, 3.8) is 0 Å². The molecule has 49 heavy (non-hydrogen) atoms. The molecule has 0 aliphatic carbocycles. The van der Waals surface area contributed by atoms with Crippen LogP contribution in [0.4, 0.5) is 0 Å². The van der Waals surface area contributed by atoms with E-state index >= 15 is 0 Å². The van der Waals surface area contributed by atoms with Gasteiger partial charge in [-0.1, -0.05) is 105 Å². The van der Waals surface area contributed by atoms with Crippen LogP contribution in [0, 0.1) is 11.3 Å². The van der Waals surface area contributed by atoms with Crippen molar-refractivity contribution in [2.75, 3.05) is 0 Å². The third-order valence-corrected chi connectivity index (χ3v) is 10.3. The van der Waals surface area contributed by atoms with Crippen LogP contribution in [0.25, 0.3) is 66.1 Å². The van der Waals surface area contributed by atoms with Crippen LogP contribution >= 0.6 is 0 Å². The molecule has 0 aliphatic heterocycles. The lowest BCUT2D eigenvalue weighted by molar-refractivity contribution is 0.641. The first-order valence-electron chi connectivity index (χ1n) is 16.7. The van der Waals surface area contributed by atoms with Crippen LogP contribution in [0.5, 0.6) is 0 Å². The van der Waals surface area contributed by atoms with Gasteiger partial charge in [0.2, 0.25) is 0 Å². The second-order valence-electron chi connectivity index (χ2n) is 13.4. The lowest BCUT2D eigenvalue weighted by atomic mass is 9.78. The van der Waals surface area contributed by atoms with E-state index in [2.05, 4.69) is 169 Å². The van der Waals surface area contributed by atoms with Crippen molar-refractivity contribution >= 4 is 43.6 Å². The lowest BCUT2D eigenvalue weighted by Crippen LogP contribution is -2.18. The van der Waals surface area contributed by atoms with Gasteiger partial charge in [0.05, 0.1) is 33.7 Å². The van der Waals surface area contributed by atoms with Crippen LogP contribution in [0.2, 0.25) is 0 Å². The molecule has 0 N–H and O–H groups in total. The summed E-state index contributed by atoms with van der Waals surface area (Å²) in [6, 6.07) is 60.8. The average molecular weight is 628 g/mol. The molecule has 9 rings (SSSR count). The van der Waals surface area contributed by atoms with Gasteiger partial charge in [0.25, 0.3) is 0 Å². The molecule has 0 saturated carbocycles. The molecular weight excluding hydrogens is 595 g/mol. The summed E-state index contributed by atoms with van der Waals surface area (Å²) in [5, 5.41) is 14.2. The summed E-state index contributed by atoms with van der Waals surface area (Å²) in [6.07, 6.45) is 0. The number of fused-ring (bicyclic) bond motifs is 6.